The van der Waals surface area contributed by atoms with Crippen LogP contribution >= 0.6 is 0 Å². The third-order valence-electron chi connectivity index (χ3n) is 3.99. The van der Waals surface area contributed by atoms with E-state index in [1.165, 1.54) is 31.2 Å². The monoisotopic (exact) mass is 370 g/mol. The van der Waals surface area contributed by atoms with Crippen molar-refractivity contribution >= 4 is 12.0 Å². The van der Waals surface area contributed by atoms with Crippen LogP contribution in [0, 0.1) is 0 Å². The van der Waals surface area contributed by atoms with Gasteiger partial charge >= 0.3 is 18.6 Å². The predicted molar refractivity (Wildman–Crippen MR) is 88.0 cm³/mol. The zero-order chi connectivity index (χ0) is 19.4. The van der Waals surface area contributed by atoms with Crippen molar-refractivity contribution in [3.05, 3.63) is 35.0 Å². The number of nitrogens with zero attached hydrogens (tertiary/aromatic N) is 1. The second-order valence-electron chi connectivity index (χ2n) is 5.45. The Morgan fingerprint density at radius 1 is 1.35 bits per heavy atom. The van der Waals surface area contributed by atoms with Gasteiger partial charge in [0.05, 0.1) is 25.3 Å². The van der Waals surface area contributed by atoms with Gasteiger partial charge in [-0.1, -0.05) is 6.07 Å². The summed E-state index contributed by atoms with van der Waals surface area (Å²) in [6, 6.07) is 2.97. The number of carbonyl (C=O) groups is 2. The maximum absolute atomic E-state index is 12.7. The van der Waals surface area contributed by atoms with Crippen LogP contribution in [0.25, 0.3) is 0 Å². The van der Waals surface area contributed by atoms with Crippen LogP contribution in [0.2, 0.25) is 0 Å². The molecule has 0 aromatic heterocycles. The zero-order valence-corrected chi connectivity index (χ0v) is 14.8. The number of rotatable bonds is 6. The van der Waals surface area contributed by atoms with Crippen LogP contribution in [-0.2, 0) is 9.53 Å². The van der Waals surface area contributed by atoms with E-state index < -0.39 is 24.7 Å². The number of methoxy groups -OCH3 is 1. The van der Waals surface area contributed by atoms with Gasteiger partial charge in [-0.15, -0.1) is 0 Å². The Bertz CT molecular complexity index is 736. The van der Waals surface area contributed by atoms with E-state index in [1.54, 1.807) is 19.9 Å². The molecule has 1 N–H and O–H groups in total. The summed E-state index contributed by atoms with van der Waals surface area (Å²) in [6.45, 7) is 0.379. The minimum Gasteiger partial charge on any atom is -0.493 e. The number of urea groups is 1. The van der Waals surface area contributed by atoms with E-state index in [-0.39, 0.29) is 23.7 Å². The van der Waals surface area contributed by atoms with Gasteiger partial charge in [-0.25, -0.2) is 9.59 Å². The Morgan fingerprint density at radius 2 is 2.04 bits per heavy atom. The van der Waals surface area contributed by atoms with Crippen LogP contribution < -0.4 is 14.8 Å². The lowest BCUT2D eigenvalue weighted by atomic mass is 9.94. The number of benzene rings is 1. The molecule has 0 saturated carbocycles. The molecule has 1 heterocycles. The van der Waals surface area contributed by atoms with E-state index in [0.717, 1.165) is 0 Å². The number of carbonyl (C=O) groups excluding carboxylic acids is 2. The average Bonchev–Trinajstić information content (AvgIpc) is 2.58. The number of alkyl halides is 2. The SMILES string of the molecule is CCOC(=O)C1=C(C)N(C)C(=O)N[C@@H]1c1ccc(OC)c(OC(F)F)c1. The molecule has 2 amide bonds. The molecule has 2 rings (SSSR count). The summed E-state index contributed by atoms with van der Waals surface area (Å²) >= 11 is 0. The highest BCUT2D eigenvalue weighted by atomic mass is 19.3. The molecule has 1 aromatic rings. The van der Waals surface area contributed by atoms with Crippen molar-refractivity contribution in [2.75, 3.05) is 20.8 Å². The van der Waals surface area contributed by atoms with Crippen molar-refractivity contribution in [1.82, 2.24) is 10.2 Å². The van der Waals surface area contributed by atoms with Crippen molar-refractivity contribution in [3.63, 3.8) is 0 Å². The van der Waals surface area contributed by atoms with Gasteiger partial charge in [-0.05, 0) is 31.5 Å². The molecule has 0 spiro atoms. The molecular weight excluding hydrogens is 350 g/mol. The quantitative estimate of drug-likeness (QED) is 0.780. The number of esters is 1. The largest absolute Gasteiger partial charge is 0.493 e. The Labute approximate surface area is 149 Å². The summed E-state index contributed by atoms with van der Waals surface area (Å²) in [5, 5.41) is 2.66. The van der Waals surface area contributed by atoms with Gasteiger partial charge < -0.3 is 24.4 Å². The van der Waals surface area contributed by atoms with E-state index in [9.17, 15) is 18.4 Å². The number of nitrogens with one attached hydrogen (secondary N) is 1. The van der Waals surface area contributed by atoms with Crippen molar-refractivity contribution in [2.45, 2.75) is 26.5 Å². The van der Waals surface area contributed by atoms with Crippen LogP contribution in [0.4, 0.5) is 13.6 Å². The van der Waals surface area contributed by atoms with Gasteiger partial charge in [-0.2, -0.15) is 8.78 Å². The minimum absolute atomic E-state index is 0.103. The molecule has 9 heteroatoms. The molecule has 0 fully saturated rings. The van der Waals surface area contributed by atoms with E-state index in [0.29, 0.717) is 11.3 Å². The molecule has 0 unspecified atom stereocenters. The lowest BCUT2D eigenvalue weighted by Gasteiger charge is -2.33. The van der Waals surface area contributed by atoms with Crippen LogP contribution in [-0.4, -0.2) is 44.3 Å². The summed E-state index contributed by atoms with van der Waals surface area (Å²) in [7, 11) is 2.83. The zero-order valence-electron chi connectivity index (χ0n) is 14.8. The number of halogens is 2. The van der Waals surface area contributed by atoms with E-state index in [1.807, 2.05) is 0 Å². The smallest absolute Gasteiger partial charge is 0.387 e. The number of ether oxygens (including phenoxy) is 3. The standard InChI is InChI=1S/C17H20F2N2O5/c1-5-25-15(22)13-9(2)21(3)17(23)20-14(13)10-6-7-11(24-4)12(8-10)26-16(18)19/h6-8,14,16H,5H2,1-4H3,(H,20,23)/t14-/m1/s1. The number of hydrogen-bond donors (Lipinski definition) is 1. The molecule has 0 bridgehead atoms. The Balaban J connectivity index is 2.53. The topological polar surface area (TPSA) is 77.1 Å². The molecule has 1 aliphatic heterocycles. The number of amides is 2. The summed E-state index contributed by atoms with van der Waals surface area (Å²) in [4.78, 5) is 25.8. The molecule has 26 heavy (non-hydrogen) atoms. The molecule has 1 aromatic carbocycles. The molecular formula is C17H20F2N2O5. The van der Waals surface area contributed by atoms with E-state index in [2.05, 4.69) is 10.1 Å². The van der Waals surface area contributed by atoms with Crippen molar-refractivity contribution < 1.29 is 32.6 Å². The Morgan fingerprint density at radius 3 is 2.62 bits per heavy atom. The van der Waals surface area contributed by atoms with Gasteiger partial charge in [0.2, 0.25) is 0 Å². The number of allylic oxidation sites excluding steroid dienone is 1. The summed E-state index contributed by atoms with van der Waals surface area (Å²) in [6.07, 6.45) is 0. The first-order valence-electron chi connectivity index (χ1n) is 7.85. The second kappa shape index (κ2) is 8.03. The van der Waals surface area contributed by atoms with Crippen molar-refractivity contribution in [2.24, 2.45) is 0 Å². The van der Waals surface area contributed by atoms with E-state index >= 15 is 0 Å². The third-order valence-corrected chi connectivity index (χ3v) is 3.99. The fourth-order valence-electron chi connectivity index (χ4n) is 2.62. The highest BCUT2D eigenvalue weighted by molar-refractivity contribution is 5.95. The van der Waals surface area contributed by atoms with Gasteiger partial charge in [0.15, 0.2) is 11.5 Å². The summed E-state index contributed by atoms with van der Waals surface area (Å²) in [5.41, 5.74) is 0.997. The molecule has 7 nitrogen and oxygen atoms in total. The first-order chi connectivity index (χ1) is 12.3. The molecule has 1 aliphatic rings. The van der Waals surface area contributed by atoms with E-state index in [4.69, 9.17) is 9.47 Å². The number of hydrogen-bond acceptors (Lipinski definition) is 5. The molecule has 142 valence electrons. The predicted octanol–water partition coefficient (Wildman–Crippen LogP) is 2.83. The highest BCUT2D eigenvalue weighted by Crippen LogP contribution is 2.36. The fourth-order valence-corrected chi connectivity index (χ4v) is 2.62. The normalized spacial score (nSPS) is 17.3. The Hall–Kier alpha value is -2.84. The van der Waals surface area contributed by atoms with Gasteiger partial charge in [0.1, 0.15) is 0 Å². The third kappa shape index (κ3) is 3.87. The van der Waals surface area contributed by atoms with Gasteiger partial charge in [0.25, 0.3) is 0 Å². The lowest BCUT2D eigenvalue weighted by Crippen LogP contribution is -2.46. The minimum atomic E-state index is -3.05. The first kappa shape index (κ1) is 19.5. The maximum Gasteiger partial charge on any atom is 0.387 e. The summed E-state index contributed by atoms with van der Waals surface area (Å²) < 4.78 is 39.9. The average molecular weight is 370 g/mol. The molecule has 0 aliphatic carbocycles. The van der Waals surface area contributed by atoms with Crippen LogP contribution in [0.3, 0.4) is 0 Å². The van der Waals surface area contributed by atoms with Crippen LogP contribution in [0.15, 0.2) is 29.5 Å². The van der Waals surface area contributed by atoms with Crippen molar-refractivity contribution in [3.8, 4) is 11.5 Å². The molecule has 0 radical (unpaired) electrons. The first-order valence-corrected chi connectivity index (χ1v) is 7.85. The van der Waals surface area contributed by atoms with Crippen LogP contribution in [0.1, 0.15) is 25.5 Å². The summed E-state index contributed by atoms with van der Waals surface area (Å²) in [5.74, 6) is -0.699. The van der Waals surface area contributed by atoms with Crippen LogP contribution in [0.5, 0.6) is 11.5 Å². The second-order valence-corrected chi connectivity index (χ2v) is 5.45. The van der Waals surface area contributed by atoms with Gasteiger partial charge in [-0.3, -0.25) is 0 Å². The molecule has 1 atom stereocenters. The lowest BCUT2D eigenvalue weighted by molar-refractivity contribution is -0.139. The maximum atomic E-state index is 12.7. The molecule has 0 saturated heterocycles. The highest BCUT2D eigenvalue weighted by Gasteiger charge is 2.35. The fraction of sp³-hybridized carbons (Fsp3) is 0.412. The Kier molecular flexibility index (Phi) is 6.01. The van der Waals surface area contributed by atoms with Gasteiger partial charge in [0, 0.05) is 12.7 Å². The van der Waals surface area contributed by atoms with Crippen molar-refractivity contribution in [1.29, 1.82) is 0 Å².